The molecule has 3 nitrogen and oxygen atoms in total. The average Bonchev–Trinajstić information content (AvgIpc) is 2.78. The van der Waals surface area contributed by atoms with Gasteiger partial charge in [0.2, 0.25) is 0 Å². The zero-order valence-electron chi connectivity index (χ0n) is 15.8. The van der Waals surface area contributed by atoms with Crippen molar-refractivity contribution in [1.29, 1.82) is 5.53 Å². The molecule has 0 saturated heterocycles. The molecule has 0 saturated carbocycles. The second kappa shape index (κ2) is 6.88. The van der Waals surface area contributed by atoms with Crippen molar-refractivity contribution in [2.24, 2.45) is 5.11 Å². The second-order valence-corrected chi connectivity index (χ2v) is 7.13. The van der Waals surface area contributed by atoms with E-state index < -0.39 is 0 Å². The minimum atomic E-state index is 0.505. The summed E-state index contributed by atoms with van der Waals surface area (Å²) in [6, 6.07) is 33.1. The molecule has 0 amide bonds. The Balaban J connectivity index is 1.83. The Kier molecular flexibility index (Phi) is 4.07. The van der Waals surface area contributed by atoms with E-state index in [1.807, 2.05) is 36.4 Å². The highest BCUT2D eigenvalue weighted by atomic mass is 15.0. The third-order valence-electron chi connectivity index (χ3n) is 5.43. The number of nitrogens with zero attached hydrogens (tertiary/aromatic N) is 1. The van der Waals surface area contributed by atoms with Crippen molar-refractivity contribution in [1.82, 2.24) is 0 Å². The molecule has 0 spiro atoms. The number of nitrogens with one attached hydrogen (secondary N) is 1. The van der Waals surface area contributed by atoms with Crippen LogP contribution in [0.3, 0.4) is 0 Å². The molecule has 0 heterocycles. The number of hydrogen-bond donors (Lipinski definition) is 2. The van der Waals surface area contributed by atoms with Crippen LogP contribution in [0.4, 0.5) is 11.4 Å². The number of benzene rings is 5. The van der Waals surface area contributed by atoms with Gasteiger partial charge in [0.15, 0.2) is 0 Å². The molecule has 5 aromatic carbocycles. The molecule has 0 unspecified atom stereocenters. The number of hydrogen-bond acceptors (Lipinski definition) is 3. The third-order valence-corrected chi connectivity index (χ3v) is 5.43. The lowest BCUT2D eigenvalue weighted by molar-refractivity contribution is 1.15. The Hall–Kier alpha value is -3.98. The van der Waals surface area contributed by atoms with Crippen LogP contribution in [-0.2, 0) is 0 Å². The van der Waals surface area contributed by atoms with Crippen LogP contribution in [0.2, 0.25) is 0 Å². The van der Waals surface area contributed by atoms with Gasteiger partial charge in [0.1, 0.15) is 5.69 Å². The highest BCUT2D eigenvalue weighted by Crippen LogP contribution is 2.42. The van der Waals surface area contributed by atoms with Crippen molar-refractivity contribution in [3.05, 3.63) is 97.1 Å². The SMILES string of the molecule is N=Nc1c(N)cc(-c2cccc3ccccc23)cc1-c1cccc2ccccc12. The average molecular weight is 373 g/mol. The van der Waals surface area contributed by atoms with Crippen molar-refractivity contribution in [2.75, 3.05) is 5.73 Å². The zero-order chi connectivity index (χ0) is 19.8. The molecule has 0 aliphatic rings. The summed E-state index contributed by atoms with van der Waals surface area (Å²) in [7, 11) is 0. The molecule has 5 aromatic rings. The summed E-state index contributed by atoms with van der Waals surface area (Å²) in [4.78, 5) is 0. The van der Waals surface area contributed by atoms with Crippen molar-refractivity contribution in [3.63, 3.8) is 0 Å². The van der Waals surface area contributed by atoms with Gasteiger partial charge in [-0.15, -0.1) is 0 Å². The van der Waals surface area contributed by atoms with Crippen LogP contribution < -0.4 is 5.73 Å². The number of nitrogens with two attached hydrogens (primary N) is 1. The predicted molar refractivity (Wildman–Crippen MR) is 122 cm³/mol. The van der Waals surface area contributed by atoms with E-state index in [2.05, 4.69) is 65.8 Å². The van der Waals surface area contributed by atoms with Crippen LogP contribution in [0.25, 0.3) is 43.8 Å². The normalized spacial score (nSPS) is 11.0. The van der Waals surface area contributed by atoms with E-state index in [1.54, 1.807) is 0 Å². The first-order chi connectivity index (χ1) is 14.3. The molecule has 0 aliphatic heterocycles. The van der Waals surface area contributed by atoms with Gasteiger partial charge in [-0.25, -0.2) is 5.53 Å². The molecule has 5 rings (SSSR count). The fraction of sp³-hybridized carbons (Fsp3) is 0. The first-order valence-corrected chi connectivity index (χ1v) is 9.53. The summed E-state index contributed by atoms with van der Waals surface area (Å²) in [5.74, 6) is 0. The number of rotatable bonds is 3. The summed E-state index contributed by atoms with van der Waals surface area (Å²) in [6.07, 6.45) is 0. The molecule has 0 fully saturated rings. The van der Waals surface area contributed by atoms with E-state index in [9.17, 15) is 0 Å². The second-order valence-electron chi connectivity index (χ2n) is 7.13. The van der Waals surface area contributed by atoms with Gasteiger partial charge in [-0.1, -0.05) is 84.9 Å². The smallest absolute Gasteiger partial charge is 0.116 e. The van der Waals surface area contributed by atoms with Crippen molar-refractivity contribution in [3.8, 4) is 22.3 Å². The van der Waals surface area contributed by atoms with Gasteiger partial charge in [0, 0.05) is 5.56 Å². The van der Waals surface area contributed by atoms with Crippen molar-refractivity contribution in [2.45, 2.75) is 0 Å². The van der Waals surface area contributed by atoms with E-state index in [0.717, 1.165) is 33.0 Å². The zero-order valence-corrected chi connectivity index (χ0v) is 15.8. The summed E-state index contributed by atoms with van der Waals surface area (Å²) >= 11 is 0. The summed E-state index contributed by atoms with van der Waals surface area (Å²) in [5, 5.41) is 8.40. The largest absolute Gasteiger partial charge is 0.397 e. The molecule has 3 heteroatoms. The molecule has 29 heavy (non-hydrogen) atoms. The van der Waals surface area contributed by atoms with E-state index in [1.165, 1.54) is 10.8 Å². The first kappa shape index (κ1) is 17.1. The topological polar surface area (TPSA) is 62.2 Å². The van der Waals surface area contributed by atoms with E-state index in [-0.39, 0.29) is 0 Å². The molecule has 0 bridgehead atoms. The standard InChI is InChI=1S/C26H19N3/c27-25-16-19(22-13-5-9-17-7-1-3-11-20(17)22)15-24(26(25)29-28)23-14-6-10-18-8-2-4-12-21(18)23/h1-16,28H,27H2. The van der Waals surface area contributed by atoms with Gasteiger partial charge in [-0.3, -0.25) is 0 Å². The quantitative estimate of drug-likeness (QED) is 0.248. The maximum Gasteiger partial charge on any atom is 0.116 e. The Morgan fingerprint density at radius 1 is 0.586 bits per heavy atom. The maximum atomic E-state index is 7.73. The summed E-state index contributed by atoms with van der Waals surface area (Å²) in [6.45, 7) is 0. The van der Waals surface area contributed by atoms with Crippen LogP contribution in [0.1, 0.15) is 0 Å². The van der Waals surface area contributed by atoms with Gasteiger partial charge in [-0.2, -0.15) is 5.11 Å². The highest BCUT2D eigenvalue weighted by molar-refractivity contribution is 6.04. The first-order valence-electron chi connectivity index (χ1n) is 9.53. The van der Waals surface area contributed by atoms with E-state index >= 15 is 0 Å². The van der Waals surface area contributed by atoms with Crippen LogP contribution in [0, 0.1) is 5.53 Å². The van der Waals surface area contributed by atoms with Crippen LogP contribution in [-0.4, -0.2) is 0 Å². The number of nitrogen functional groups attached to an aromatic ring is 1. The molecule has 3 N–H and O–H groups in total. The van der Waals surface area contributed by atoms with Gasteiger partial charge >= 0.3 is 0 Å². The monoisotopic (exact) mass is 373 g/mol. The third kappa shape index (κ3) is 2.84. The fourth-order valence-corrected chi connectivity index (χ4v) is 4.08. The predicted octanol–water partition coefficient (Wildman–Crippen LogP) is 7.57. The lowest BCUT2D eigenvalue weighted by Gasteiger charge is -2.15. The minimum absolute atomic E-state index is 0.505. The molecule has 0 aliphatic carbocycles. The van der Waals surface area contributed by atoms with E-state index in [4.69, 9.17) is 11.3 Å². The molecular formula is C26H19N3. The maximum absolute atomic E-state index is 7.73. The van der Waals surface area contributed by atoms with Crippen LogP contribution >= 0.6 is 0 Å². The molecule has 0 radical (unpaired) electrons. The van der Waals surface area contributed by atoms with Crippen molar-refractivity contribution >= 4 is 32.9 Å². The highest BCUT2D eigenvalue weighted by Gasteiger charge is 2.15. The molecule has 0 aromatic heterocycles. The van der Waals surface area contributed by atoms with Gasteiger partial charge in [0.05, 0.1) is 5.69 Å². The Labute approximate surface area is 168 Å². The number of fused-ring (bicyclic) bond motifs is 2. The van der Waals surface area contributed by atoms with Gasteiger partial charge in [0.25, 0.3) is 0 Å². The van der Waals surface area contributed by atoms with Gasteiger partial charge in [-0.05, 0) is 50.4 Å². The lowest BCUT2D eigenvalue weighted by Crippen LogP contribution is -1.92. The Morgan fingerprint density at radius 3 is 1.79 bits per heavy atom. The lowest BCUT2D eigenvalue weighted by atomic mass is 9.91. The molecular weight excluding hydrogens is 354 g/mol. The fourth-order valence-electron chi connectivity index (χ4n) is 4.08. The molecule has 138 valence electrons. The summed E-state index contributed by atoms with van der Waals surface area (Å²) < 4.78 is 0. The van der Waals surface area contributed by atoms with Gasteiger partial charge < -0.3 is 5.73 Å². The van der Waals surface area contributed by atoms with Crippen LogP contribution in [0.5, 0.6) is 0 Å². The molecule has 0 atom stereocenters. The number of anilines is 1. The van der Waals surface area contributed by atoms with Crippen LogP contribution in [0.15, 0.2) is 102 Å². The minimum Gasteiger partial charge on any atom is -0.397 e. The Bertz CT molecular complexity index is 1380. The van der Waals surface area contributed by atoms with Crippen molar-refractivity contribution < 1.29 is 0 Å². The summed E-state index contributed by atoms with van der Waals surface area (Å²) in [5.41, 5.74) is 19.2. The Morgan fingerprint density at radius 2 is 1.14 bits per heavy atom. The van der Waals surface area contributed by atoms with E-state index in [0.29, 0.717) is 11.4 Å².